The Bertz CT molecular complexity index is 1480. The van der Waals surface area contributed by atoms with Crippen LogP contribution in [0.5, 0.6) is 0 Å². The molecule has 0 aliphatic rings. The van der Waals surface area contributed by atoms with E-state index in [1.165, 1.54) is 24.3 Å². The third-order valence-electron chi connectivity index (χ3n) is 4.99. The number of nitrogens with one attached hydrogen (secondary N) is 1. The Morgan fingerprint density at radius 1 is 1.03 bits per heavy atom. The molecule has 10 heteroatoms. The van der Waals surface area contributed by atoms with Crippen molar-refractivity contribution < 1.29 is 22.7 Å². The second-order valence-corrected chi connectivity index (χ2v) is 9.77. The maximum Gasteiger partial charge on any atom is 0.240 e. The maximum absolute atomic E-state index is 13.0. The highest BCUT2D eigenvalue weighted by molar-refractivity contribution is 7.89. The molecule has 4 aromatic rings. The van der Waals surface area contributed by atoms with Crippen LogP contribution in [0.25, 0.3) is 22.1 Å². The zero-order chi connectivity index (χ0) is 23.8. The third-order valence-corrected chi connectivity index (χ3v) is 7.00. The van der Waals surface area contributed by atoms with Gasteiger partial charge < -0.3 is 15.3 Å². The fraction of sp³-hybridized carbons (Fsp3) is 0.0870. The van der Waals surface area contributed by atoms with Crippen molar-refractivity contribution in [3.8, 4) is 11.1 Å². The lowest BCUT2D eigenvalue weighted by Crippen LogP contribution is -2.26. The minimum absolute atomic E-state index is 0.0455. The number of halogens is 2. The lowest BCUT2D eigenvalue weighted by Gasteiger charge is -2.08. The Labute approximate surface area is 199 Å². The fourth-order valence-corrected chi connectivity index (χ4v) is 4.93. The van der Waals surface area contributed by atoms with E-state index in [9.17, 15) is 13.2 Å². The van der Waals surface area contributed by atoms with Gasteiger partial charge in [0.1, 0.15) is 5.58 Å². The SMILES string of the molecule is Nc1c(C(=O)c2ccc(Cl)cc2Cl)oc2cc(-c3cccc(S(=O)(=O)NCCO)c3)ccc12. The normalized spacial score (nSPS) is 11.7. The van der Waals surface area contributed by atoms with Crippen molar-refractivity contribution in [2.24, 2.45) is 0 Å². The van der Waals surface area contributed by atoms with E-state index < -0.39 is 15.8 Å². The summed E-state index contributed by atoms with van der Waals surface area (Å²) in [5.74, 6) is -0.522. The van der Waals surface area contributed by atoms with Crippen LogP contribution in [0.15, 0.2) is 70.0 Å². The van der Waals surface area contributed by atoms with E-state index in [-0.39, 0.29) is 40.1 Å². The number of ketones is 1. The van der Waals surface area contributed by atoms with E-state index in [0.717, 1.165) is 0 Å². The second kappa shape index (κ2) is 9.17. The smallest absolute Gasteiger partial charge is 0.240 e. The number of anilines is 1. The molecular weight excluding hydrogens is 487 g/mol. The second-order valence-electron chi connectivity index (χ2n) is 7.16. The molecule has 0 saturated carbocycles. The number of benzene rings is 3. The van der Waals surface area contributed by atoms with Crippen LogP contribution in [0.4, 0.5) is 5.69 Å². The van der Waals surface area contributed by atoms with Crippen LogP contribution in [-0.2, 0) is 10.0 Å². The summed E-state index contributed by atoms with van der Waals surface area (Å²) in [6.45, 7) is -0.392. The van der Waals surface area contributed by atoms with Gasteiger partial charge in [-0.3, -0.25) is 4.79 Å². The molecule has 33 heavy (non-hydrogen) atoms. The van der Waals surface area contributed by atoms with E-state index in [1.807, 2.05) is 0 Å². The largest absolute Gasteiger partial charge is 0.450 e. The molecule has 0 unspecified atom stereocenters. The molecule has 4 N–H and O–H groups in total. The van der Waals surface area contributed by atoms with Crippen LogP contribution in [0.2, 0.25) is 10.0 Å². The van der Waals surface area contributed by atoms with Gasteiger partial charge >= 0.3 is 0 Å². The molecule has 170 valence electrons. The first-order valence-corrected chi connectivity index (χ1v) is 12.0. The number of aliphatic hydroxyl groups is 1. The Hall–Kier alpha value is -2.88. The molecule has 0 spiro atoms. The average molecular weight is 505 g/mol. The summed E-state index contributed by atoms with van der Waals surface area (Å²) in [6, 6.07) is 16.0. The Kier molecular flexibility index (Phi) is 6.47. The number of fused-ring (bicyclic) bond motifs is 1. The number of hydrogen-bond acceptors (Lipinski definition) is 6. The van der Waals surface area contributed by atoms with Crippen molar-refractivity contribution in [1.82, 2.24) is 4.72 Å². The lowest BCUT2D eigenvalue weighted by atomic mass is 10.0. The first kappa shape index (κ1) is 23.3. The molecule has 3 aromatic carbocycles. The van der Waals surface area contributed by atoms with Gasteiger partial charge in [0.15, 0.2) is 5.76 Å². The van der Waals surface area contributed by atoms with Crippen molar-refractivity contribution in [1.29, 1.82) is 0 Å². The number of nitrogen functional groups attached to an aromatic ring is 1. The molecule has 0 aliphatic carbocycles. The third kappa shape index (κ3) is 4.62. The quantitative estimate of drug-likeness (QED) is 0.318. The van der Waals surface area contributed by atoms with Crippen LogP contribution in [0, 0.1) is 0 Å². The number of sulfonamides is 1. The number of carbonyl (C=O) groups is 1. The number of nitrogens with two attached hydrogens (primary N) is 1. The van der Waals surface area contributed by atoms with Crippen molar-refractivity contribution in [2.75, 3.05) is 18.9 Å². The first-order chi connectivity index (χ1) is 15.7. The Morgan fingerprint density at radius 3 is 2.52 bits per heavy atom. The number of carbonyl (C=O) groups excluding carboxylic acids is 1. The molecule has 7 nitrogen and oxygen atoms in total. The zero-order valence-corrected chi connectivity index (χ0v) is 19.3. The van der Waals surface area contributed by atoms with Crippen LogP contribution >= 0.6 is 23.2 Å². The molecule has 0 atom stereocenters. The van der Waals surface area contributed by atoms with Gasteiger partial charge in [0.25, 0.3) is 0 Å². The zero-order valence-electron chi connectivity index (χ0n) is 17.0. The first-order valence-electron chi connectivity index (χ1n) is 9.74. The summed E-state index contributed by atoms with van der Waals surface area (Å²) in [6.07, 6.45) is 0. The monoisotopic (exact) mass is 504 g/mol. The predicted octanol–water partition coefficient (Wildman–Crippen LogP) is 4.49. The summed E-state index contributed by atoms with van der Waals surface area (Å²) >= 11 is 12.1. The molecule has 0 saturated heterocycles. The predicted molar refractivity (Wildman–Crippen MR) is 128 cm³/mol. The van der Waals surface area contributed by atoms with E-state index >= 15 is 0 Å². The molecule has 1 aromatic heterocycles. The van der Waals surface area contributed by atoms with Crippen LogP contribution < -0.4 is 10.5 Å². The number of hydrogen-bond donors (Lipinski definition) is 3. The van der Waals surface area contributed by atoms with Crippen molar-refractivity contribution in [2.45, 2.75) is 4.90 Å². The molecule has 0 amide bonds. The average Bonchev–Trinajstić information content (AvgIpc) is 3.13. The van der Waals surface area contributed by atoms with Gasteiger partial charge in [-0.05, 0) is 53.6 Å². The van der Waals surface area contributed by atoms with E-state index in [1.54, 1.807) is 36.4 Å². The minimum atomic E-state index is -3.77. The molecule has 0 fully saturated rings. The van der Waals surface area contributed by atoms with Crippen LogP contribution in [0.3, 0.4) is 0 Å². The number of furan rings is 1. The van der Waals surface area contributed by atoms with Crippen LogP contribution in [0.1, 0.15) is 16.1 Å². The van der Waals surface area contributed by atoms with Gasteiger partial charge in [0.2, 0.25) is 15.8 Å². The topological polar surface area (TPSA) is 123 Å². The molecule has 0 radical (unpaired) electrons. The Morgan fingerprint density at radius 2 is 1.79 bits per heavy atom. The standard InChI is InChI=1S/C23H18Cl2N2O5S/c24-15-5-7-17(19(25)12-15)22(29)23-21(26)18-6-4-14(11-20(18)32-23)13-2-1-3-16(10-13)33(30,31)27-8-9-28/h1-7,10-12,27-28H,8-9,26H2. The van der Waals surface area contributed by atoms with Crippen molar-refractivity contribution >= 4 is 55.7 Å². The molecule has 0 bridgehead atoms. The summed E-state index contributed by atoms with van der Waals surface area (Å²) in [5.41, 5.74) is 8.22. The van der Waals surface area contributed by atoms with Crippen molar-refractivity contribution in [3.63, 3.8) is 0 Å². The van der Waals surface area contributed by atoms with Gasteiger partial charge in [0, 0.05) is 22.5 Å². The fourth-order valence-electron chi connectivity index (χ4n) is 3.37. The summed E-state index contributed by atoms with van der Waals surface area (Å²) in [7, 11) is -3.77. The maximum atomic E-state index is 13.0. The van der Waals surface area contributed by atoms with Gasteiger partial charge in [-0.1, -0.05) is 41.4 Å². The van der Waals surface area contributed by atoms with E-state index in [4.69, 9.17) is 38.5 Å². The molecule has 4 rings (SSSR count). The Balaban J connectivity index is 1.73. The molecule has 0 aliphatic heterocycles. The van der Waals surface area contributed by atoms with E-state index in [2.05, 4.69) is 4.72 Å². The summed E-state index contributed by atoms with van der Waals surface area (Å²) in [4.78, 5) is 13.0. The highest BCUT2D eigenvalue weighted by Crippen LogP contribution is 2.35. The highest BCUT2D eigenvalue weighted by Gasteiger charge is 2.23. The van der Waals surface area contributed by atoms with Crippen molar-refractivity contribution in [3.05, 3.63) is 82.0 Å². The molecule has 1 heterocycles. The minimum Gasteiger partial charge on any atom is -0.450 e. The number of aliphatic hydroxyl groups excluding tert-OH is 1. The number of rotatable bonds is 7. The van der Waals surface area contributed by atoms with Gasteiger partial charge in [-0.2, -0.15) is 0 Å². The van der Waals surface area contributed by atoms with Gasteiger partial charge in [-0.15, -0.1) is 0 Å². The van der Waals surface area contributed by atoms with Gasteiger partial charge in [-0.25, -0.2) is 13.1 Å². The summed E-state index contributed by atoms with van der Waals surface area (Å²) in [5, 5.41) is 10.0. The van der Waals surface area contributed by atoms with E-state index in [0.29, 0.717) is 27.1 Å². The van der Waals surface area contributed by atoms with Gasteiger partial charge in [0.05, 0.1) is 22.2 Å². The lowest BCUT2D eigenvalue weighted by molar-refractivity contribution is 0.101. The highest BCUT2D eigenvalue weighted by atomic mass is 35.5. The van der Waals surface area contributed by atoms with Crippen LogP contribution in [-0.4, -0.2) is 32.5 Å². The molecular formula is C23H18Cl2N2O5S. The summed E-state index contributed by atoms with van der Waals surface area (Å²) < 4.78 is 32.9.